The van der Waals surface area contributed by atoms with Crippen LogP contribution in [-0.2, 0) is 4.74 Å². The number of ether oxygens (including phenoxy) is 1. The van der Waals surface area contributed by atoms with Gasteiger partial charge in [-0.3, -0.25) is 0 Å². The number of nitrogens with zero attached hydrogens (tertiary/aromatic N) is 3. The van der Waals surface area contributed by atoms with Gasteiger partial charge in [-0.15, -0.1) is 0 Å². The largest absolute Gasteiger partial charge is 0.384 e. The van der Waals surface area contributed by atoms with Crippen molar-refractivity contribution in [2.24, 2.45) is 5.92 Å². The lowest BCUT2D eigenvalue weighted by molar-refractivity contribution is 0.156. The molecule has 0 amide bonds. The van der Waals surface area contributed by atoms with Gasteiger partial charge in [0, 0.05) is 51.8 Å². The molecule has 2 heterocycles. The molecule has 1 saturated heterocycles. The van der Waals surface area contributed by atoms with Crippen LogP contribution in [0.5, 0.6) is 0 Å². The molecule has 1 aromatic rings. The Labute approximate surface area is 115 Å². The van der Waals surface area contributed by atoms with Crippen LogP contribution in [-0.4, -0.2) is 49.4 Å². The van der Waals surface area contributed by atoms with Gasteiger partial charge in [-0.1, -0.05) is 6.92 Å². The van der Waals surface area contributed by atoms with Crippen LogP contribution < -0.4 is 10.2 Å². The molecule has 106 valence electrons. The van der Waals surface area contributed by atoms with Gasteiger partial charge in [0.2, 0.25) is 5.95 Å². The molecular weight excluding hydrogens is 240 g/mol. The third-order valence-electron chi connectivity index (χ3n) is 3.54. The summed E-state index contributed by atoms with van der Waals surface area (Å²) in [5.41, 5.74) is 0. The first-order valence-corrected chi connectivity index (χ1v) is 7.04. The van der Waals surface area contributed by atoms with E-state index in [0.29, 0.717) is 12.0 Å². The molecule has 1 N–H and O–H groups in total. The van der Waals surface area contributed by atoms with Gasteiger partial charge in [0.1, 0.15) is 0 Å². The van der Waals surface area contributed by atoms with Crippen LogP contribution in [0.3, 0.4) is 0 Å². The van der Waals surface area contributed by atoms with Crippen molar-refractivity contribution in [1.82, 2.24) is 15.3 Å². The van der Waals surface area contributed by atoms with Crippen LogP contribution in [0.25, 0.3) is 0 Å². The maximum absolute atomic E-state index is 5.15. The summed E-state index contributed by atoms with van der Waals surface area (Å²) in [6.07, 6.45) is 5.91. The van der Waals surface area contributed by atoms with Gasteiger partial charge in [0.05, 0.1) is 0 Å². The number of aromatic nitrogens is 2. The van der Waals surface area contributed by atoms with Gasteiger partial charge in [-0.05, 0) is 24.8 Å². The molecule has 0 saturated carbocycles. The molecule has 1 aromatic heterocycles. The summed E-state index contributed by atoms with van der Waals surface area (Å²) in [6.45, 7) is 6.12. The average molecular weight is 264 g/mol. The van der Waals surface area contributed by atoms with Crippen LogP contribution in [0.1, 0.15) is 19.8 Å². The molecule has 5 heteroatoms. The summed E-state index contributed by atoms with van der Waals surface area (Å²) >= 11 is 0. The molecule has 1 aliphatic rings. The molecule has 19 heavy (non-hydrogen) atoms. The highest BCUT2D eigenvalue weighted by Gasteiger charge is 2.20. The van der Waals surface area contributed by atoms with Gasteiger partial charge in [0.25, 0.3) is 0 Å². The number of nitrogens with one attached hydrogen (secondary N) is 1. The van der Waals surface area contributed by atoms with E-state index in [1.165, 1.54) is 0 Å². The Hall–Kier alpha value is -1.20. The van der Waals surface area contributed by atoms with Crippen molar-refractivity contribution >= 4 is 5.95 Å². The maximum Gasteiger partial charge on any atom is 0.225 e. The molecule has 0 aromatic carbocycles. The first kappa shape index (κ1) is 14.2. The fourth-order valence-corrected chi connectivity index (χ4v) is 2.45. The molecule has 0 aliphatic carbocycles. The average Bonchev–Trinajstić information content (AvgIpc) is 2.47. The number of rotatable bonds is 6. The fraction of sp³-hybridized carbons (Fsp3) is 0.714. The Morgan fingerprint density at radius 2 is 2.05 bits per heavy atom. The second kappa shape index (κ2) is 7.40. The Bertz CT molecular complexity index is 352. The van der Waals surface area contributed by atoms with Crippen LogP contribution >= 0.6 is 0 Å². The highest BCUT2D eigenvalue weighted by molar-refractivity contribution is 5.29. The summed E-state index contributed by atoms with van der Waals surface area (Å²) in [6, 6.07) is 2.47. The molecule has 1 fully saturated rings. The predicted molar refractivity (Wildman–Crippen MR) is 76.3 cm³/mol. The van der Waals surface area contributed by atoms with Crippen molar-refractivity contribution in [1.29, 1.82) is 0 Å². The van der Waals surface area contributed by atoms with Crippen LogP contribution in [0.4, 0.5) is 5.95 Å². The molecule has 1 unspecified atom stereocenters. The second-order valence-corrected chi connectivity index (χ2v) is 5.28. The van der Waals surface area contributed by atoms with Crippen LogP contribution in [0.2, 0.25) is 0 Å². The quantitative estimate of drug-likeness (QED) is 0.839. The fourth-order valence-electron chi connectivity index (χ4n) is 2.45. The SMILES string of the molecule is COCC(C)CNC1CCN(c2ncccn2)CC1. The van der Waals surface area contributed by atoms with E-state index in [2.05, 4.69) is 27.1 Å². The van der Waals surface area contributed by atoms with Crippen molar-refractivity contribution in [2.75, 3.05) is 38.3 Å². The number of methoxy groups -OCH3 is 1. The highest BCUT2D eigenvalue weighted by Crippen LogP contribution is 2.15. The summed E-state index contributed by atoms with van der Waals surface area (Å²) in [5.74, 6) is 1.43. The molecule has 5 nitrogen and oxygen atoms in total. The summed E-state index contributed by atoms with van der Waals surface area (Å²) in [5, 5.41) is 3.63. The molecule has 1 aliphatic heterocycles. The summed E-state index contributed by atoms with van der Waals surface area (Å²) in [7, 11) is 1.76. The monoisotopic (exact) mass is 264 g/mol. The lowest BCUT2D eigenvalue weighted by Crippen LogP contribution is -2.44. The molecule has 0 spiro atoms. The minimum Gasteiger partial charge on any atom is -0.384 e. The Morgan fingerprint density at radius 3 is 2.68 bits per heavy atom. The second-order valence-electron chi connectivity index (χ2n) is 5.28. The maximum atomic E-state index is 5.15. The van der Waals surface area contributed by atoms with Gasteiger partial charge in [-0.2, -0.15) is 0 Å². The number of hydrogen-bond acceptors (Lipinski definition) is 5. The predicted octanol–water partition coefficient (Wildman–Crippen LogP) is 1.32. The zero-order valence-corrected chi connectivity index (χ0v) is 11.9. The first-order chi connectivity index (χ1) is 9.29. The van der Waals surface area contributed by atoms with E-state index in [1.54, 1.807) is 19.5 Å². The van der Waals surface area contributed by atoms with Crippen molar-refractivity contribution in [3.05, 3.63) is 18.5 Å². The molecular formula is C14H24N4O. The summed E-state index contributed by atoms with van der Waals surface area (Å²) in [4.78, 5) is 10.9. The Kier molecular flexibility index (Phi) is 5.54. The van der Waals surface area contributed by atoms with E-state index in [1.807, 2.05) is 6.07 Å². The van der Waals surface area contributed by atoms with Gasteiger partial charge in [0.15, 0.2) is 0 Å². The van der Waals surface area contributed by atoms with Crippen LogP contribution in [0.15, 0.2) is 18.5 Å². The zero-order chi connectivity index (χ0) is 13.5. The Balaban J connectivity index is 1.71. The first-order valence-electron chi connectivity index (χ1n) is 7.04. The van der Waals surface area contributed by atoms with Gasteiger partial charge >= 0.3 is 0 Å². The molecule has 1 atom stereocenters. The molecule has 0 radical (unpaired) electrons. The smallest absolute Gasteiger partial charge is 0.225 e. The molecule has 2 rings (SSSR count). The third kappa shape index (κ3) is 4.44. The zero-order valence-electron chi connectivity index (χ0n) is 11.9. The highest BCUT2D eigenvalue weighted by atomic mass is 16.5. The number of anilines is 1. The van der Waals surface area contributed by atoms with Gasteiger partial charge < -0.3 is 15.0 Å². The third-order valence-corrected chi connectivity index (χ3v) is 3.54. The minimum atomic E-state index is 0.570. The van der Waals surface area contributed by atoms with Crippen molar-refractivity contribution in [2.45, 2.75) is 25.8 Å². The Morgan fingerprint density at radius 1 is 1.37 bits per heavy atom. The molecule has 0 bridgehead atoms. The topological polar surface area (TPSA) is 50.3 Å². The van der Waals surface area contributed by atoms with Crippen molar-refractivity contribution in [3.8, 4) is 0 Å². The number of piperidine rings is 1. The van der Waals surface area contributed by atoms with Crippen LogP contribution in [0, 0.1) is 5.92 Å². The van der Waals surface area contributed by atoms with Gasteiger partial charge in [-0.25, -0.2) is 9.97 Å². The van der Waals surface area contributed by atoms with E-state index < -0.39 is 0 Å². The van der Waals surface area contributed by atoms with E-state index >= 15 is 0 Å². The lowest BCUT2D eigenvalue weighted by Gasteiger charge is -2.32. The van der Waals surface area contributed by atoms with E-state index in [-0.39, 0.29) is 0 Å². The normalized spacial score (nSPS) is 18.5. The summed E-state index contributed by atoms with van der Waals surface area (Å²) < 4.78 is 5.15. The van der Waals surface area contributed by atoms with Crippen molar-refractivity contribution in [3.63, 3.8) is 0 Å². The minimum absolute atomic E-state index is 0.570. The standard InChI is InChI=1S/C14H24N4O/c1-12(11-19-2)10-17-13-4-8-18(9-5-13)14-15-6-3-7-16-14/h3,6-7,12-13,17H,4-5,8-11H2,1-2H3. The van der Waals surface area contributed by atoms with E-state index in [9.17, 15) is 0 Å². The van der Waals surface area contributed by atoms with E-state index in [4.69, 9.17) is 4.74 Å². The number of hydrogen-bond donors (Lipinski definition) is 1. The van der Waals surface area contributed by atoms with Crippen molar-refractivity contribution < 1.29 is 4.74 Å². The van der Waals surface area contributed by atoms with E-state index in [0.717, 1.165) is 45.0 Å². The lowest BCUT2D eigenvalue weighted by atomic mass is 10.0.